The molecule has 1 unspecified atom stereocenters. The summed E-state index contributed by atoms with van der Waals surface area (Å²) < 4.78 is 11.0. The second-order valence-electron chi connectivity index (χ2n) is 11.6. The summed E-state index contributed by atoms with van der Waals surface area (Å²) >= 11 is 0. The summed E-state index contributed by atoms with van der Waals surface area (Å²) in [5.74, 6) is -0.207. The van der Waals surface area contributed by atoms with E-state index in [0.717, 1.165) is 25.7 Å². The van der Waals surface area contributed by atoms with Crippen molar-refractivity contribution in [2.45, 2.75) is 180 Å². The molecule has 1 N–H and O–H groups in total. The van der Waals surface area contributed by atoms with Crippen LogP contribution >= 0.6 is 0 Å². The molecule has 1 atom stereocenters. The number of carbonyl (C=O) groups excluding carboxylic acids is 1. The molecular weight excluding hydrogens is 496 g/mol. The predicted molar refractivity (Wildman–Crippen MR) is 173 cm³/mol. The minimum Gasteiger partial charge on any atom is -0.457 e. The molecule has 0 aliphatic rings. The lowest BCUT2D eigenvalue weighted by molar-refractivity contribution is -0.154. The van der Waals surface area contributed by atoms with E-state index in [1.54, 1.807) is 0 Å². The fourth-order valence-electron chi connectivity index (χ4n) is 4.89. The van der Waals surface area contributed by atoms with Crippen LogP contribution in [-0.4, -0.2) is 37.0 Å². The predicted octanol–water partition coefficient (Wildman–Crippen LogP) is 10.8. The molecule has 0 saturated heterocycles. The molecular formula is C36H68O4. The van der Waals surface area contributed by atoms with Gasteiger partial charge in [-0.25, -0.2) is 0 Å². The molecule has 0 aliphatic carbocycles. The average Bonchev–Trinajstić information content (AvgIpc) is 2.96. The van der Waals surface area contributed by atoms with Crippen molar-refractivity contribution in [3.8, 4) is 0 Å². The first-order valence-corrected chi connectivity index (χ1v) is 17.4. The lowest BCUT2D eigenvalue weighted by atomic mass is 10.1. The van der Waals surface area contributed by atoms with Crippen LogP contribution in [0.2, 0.25) is 0 Å². The maximum Gasteiger partial charge on any atom is 0.306 e. The number of allylic oxidation sites excluding steroid dienone is 4. The highest BCUT2D eigenvalue weighted by Crippen LogP contribution is 2.13. The second kappa shape index (κ2) is 34.1. The van der Waals surface area contributed by atoms with Crippen LogP contribution in [0.25, 0.3) is 0 Å². The Labute approximate surface area is 249 Å². The van der Waals surface area contributed by atoms with Gasteiger partial charge in [-0.1, -0.05) is 147 Å². The highest BCUT2D eigenvalue weighted by atomic mass is 16.6. The van der Waals surface area contributed by atoms with E-state index in [9.17, 15) is 9.90 Å². The molecule has 0 aromatic carbocycles. The Morgan fingerprint density at radius 1 is 0.600 bits per heavy atom. The maximum atomic E-state index is 12.1. The van der Waals surface area contributed by atoms with E-state index in [1.165, 1.54) is 128 Å². The first kappa shape index (κ1) is 38.9. The maximum absolute atomic E-state index is 12.1. The number of hydrogen-bond acceptors (Lipinski definition) is 4. The number of esters is 1. The molecule has 0 radical (unpaired) electrons. The average molecular weight is 565 g/mol. The van der Waals surface area contributed by atoms with Crippen LogP contribution in [0, 0.1) is 0 Å². The third-order valence-electron chi connectivity index (χ3n) is 7.53. The SMILES string of the molecule is CCCCCCC/C=C\C/C=C\CCCCCCCCCCCC(=O)OC(CO)COCCCCCCCCC. The number of aliphatic hydroxyl groups is 1. The molecule has 0 rings (SSSR count). The van der Waals surface area contributed by atoms with Gasteiger partial charge in [-0.2, -0.15) is 0 Å². The summed E-state index contributed by atoms with van der Waals surface area (Å²) in [7, 11) is 0. The van der Waals surface area contributed by atoms with Gasteiger partial charge >= 0.3 is 5.97 Å². The van der Waals surface area contributed by atoms with Crippen molar-refractivity contribution in [3.05, 3.63) is 24.3 Å². The molecule has 0 saturated carbocycles. The standard InChI is InChI=1S/C36H68O4/c1-3-5-7-9-11-12-13-14-15-16-17-18-19-20-21-22-23-24-25-27-29-31-36(38)40-35(33-37)34-39-32-30-28-26-10-8-6-4-2/h13-14,16-17,35,37H,3-12,15,18-34H2,1-2H3/b14-13-,17-16-. The number of ether oxygens (including phenoxy) is 2. The van der Waals surface area contributed by atoms with Crippen LogP contribution in [0.5, 0.6) is 0 Å². The Hall–Kier alpha value is -1.13. The molecule has 0 aliphatic heterocycles. The normalized spacial score (nSPS) is 12.6. The summed E-state index contributed by atoms with van der Waals surface area (Å²) in [6.45, 7) is 5.31. The van der Waals surface area contributed by atoms with Gasteiger partial charge in [0.15, 0.2) is 0 Å². The van der Waals surface area contributed by atoms with Gasteiger partial charge in [0.1, 0.15) is 6.10 Å². The van der Waals surface area contributed by atoms with Gasteiger partial charge in [0, 0.05) is 13.0 Å². The summed E-state index contributed by atoms with van der Waals surface area (Å²) in [6, 6.07) is 0. The number of carbonyl (C=O) groups is 1. The minimum absolute atomic E-state index is 0.171. The van der Waals surface area contributed by atoms with Crippen LogP contribution in [0.15, 0.2) is 24.3 Å². The van der Waals surface area contributed by atoms with Crippen LogP contribution < -0.4 is 0 Å². The van der Waals surface area contributed by atoms with E-state index in [0.29, 0.717) is 19.6 Å². The van der Waals surface area contributed by atoms with Gasteiger partial charge in [-0.3, -0.25) is 4.79 Å². The molecule has 0 aromatic heterocycles. The van der Waals surface area contributed by atoms with Crippen molar-refractivity contribution < 1.29 is 19.4 Å². The summed E-state index contributed by atoms with van der Waals surface area (Å²) in [4.78, 5) is 12.1. The van der Waals surface area contributed by atoms with Gasteiger partial charge in [0.25, 0.3) is 0 Å². The Bertz CT molecular complexity index is 557. The zero-order valence-electron chi connectivity index (χ0n) is 26.9. The quantitative estimate of drug-likeness (QED) is 0.0501. The molecule has 0 amide bonds. The molecule has 0 aromatic rings. The fraction of sp³-hybridized carbons (Fsp3) is 0.861. The van der Waals surface area contributed by atoms with Crippen molar-refractivity contribution in [2.75, 3.05) is 19.8 Å². The molecule has 40 heavy (non-hydrogen) atoms. The largest absolute Gasteiger partial charge is 0.457 e. The molecule has 0 fully saturated rings. The zero-order valence-corrected chi connectivity index (χ0v) is 26.9. The third-order valence-corrected chi connectivity index (χ3v) is 7.53. The van der Waals surface area contributed by atoms with Gasteiger partial charge < -0.3 is 14.6 Å². The van der Waals surface area contributed by atoms with Crippen LogP contribution in [0.1, 0.15) is 174 Å². The molecule has 4 heteroatoms. The van der Waals surface area contributed by atoms with Crippen molar-refractivity contribution in [3.63, 3.8) is 0 Å². The second-order valence-corrected chi connectivity index (χ2v) is 11.6. The van der Waals surface area contributed by atoms with Gasteiger partial charge in [-0.05, 0) is 44.9 Å². The van der Waals surface area contributed by atoms with Gasteiger partial charge in [-0.15, -0.1) is 0 Å². The smallest absolute Gasteiger partial charge is 0.306 e. The molecule has 0 spiro atoms. The third kappa shape index (κ3) is 31.4. The highest BCUT2D eigenvalue weighted by Gasteiger charge is 2.13. The topological polar surface area (TPSA) is 55.8 Å². The zero-order chi connectivity index (χ0) is 29.2. The Morgan fingerprint density at radius 2 is 1.05 bits per heavy atom. The summed E-state index contributed by atoms with van der Waals surface area (Å²) in [5, 5.41) is 9.48. The van der Waals surface area contributed by atoms with Gasteiger partial charge in [0.2, 0.25) is 0 Å². The van der Waals surface area contributed by atoms with Crippen molar-refractivity contribution in [1.82, 2.24) is 0 Å². The van der Waals surface area contributed by atoms with Gasteiger partial charge in [0.05, 0.1) is 13.2 Å². The monoisotopic (exact) mass is 565 g/mol. The molecule has 0 bridgehead atoms. The van der Waals surface area contributed by atoms with E-state index in [-0.39, 0.29) is 12.6 Å². The first-order chi connectivity index (χ1) is 19.7. The van der Waals surface area contributed by atoms with E-state index in [2.05, 4.69) is 38.2 Å². The number of rotatable bonds is 32. The lowest BCUT2D eigenvalue weighted by Crippen LogP contribution is -2.27. The highest BCUT2D eigenvalue weighted by molar-refractivity contribution is 5.69. The van der Waals surface area contributed by atoms with E-state index in [1.807, 2.05) is 0 Å². The minimum atomic E-state index is -0.528. The summed E-state index contributed by atoms with van der Waals surface area (Å²) in [5.41, 5.74) is 0. The molecule has 0 heterocycles. The lowest BCUT2D eigenvalue weighted by Gasteiger charge is -2.15. The van der Waals surface area contributed by atoms with Crippen molar-refractivity contribution >= 4 is 5.97 Å². The Kier molecular flexibility index (Phi) is 33.1. The van der Waals surface area contributed by atoms with Crippen LogP contribution in [0.3, 0.4) is 0 Å². The van der Waals surface area contributed by atoms with Crippen LogP contribution in [-0.2, 0) is 14.3 Å². The molecule has 4 nitrogen and oxygen atoms in total. The first-order valence-electron chi connectivity index (χ1n) is 17.4. The number of unbranched alkanes of at least 4 members (excludes halogenated alkanes) is 20. The summed E-state index contributed by atoms with van der Waals surface area (Å²) in [6.07, 6.45) is 39.3. The number of hydrogen-bond donors (Lipinski definition) is 1. The van der Waals surface area contributed by atoms with Crippen molar-refractivity contribution in [2.24, 2.45) is 0 Å². The van der Waals surface area contributed by atoms with E-state index < -0.39 is 6.10 Å². The van der Waals surface area contributed by atoms with E-state index >= 15 is 0 Å². The Morgan fingerprint density at radius 3 is 1.55 bits per heavy atom. The van der Waals surface area contributed by atoms with Crippen LogP contribution in [0.4, 0.5) is 0 Å². The fourth-order valence-corrected chi connectivity index (χ4v) is 4.89. The Balaban J connectivity index is 3.42. The van der Waals surface area contributed by atoms with Crippen molar-refractivity contribution in [1.29, 1.82) is 0 Å². The number of aliphatic hydroxyl groups excluding tert-OH is 1. The van der Waals surface area contributed by atoms with E-state index in [4.69, 9.17) is 9.47 Å². The molecule has 236 valence electrons.